The van der Waals surface area contributed by atoms with Crippen molar-refractivity contribution in [3.63, 3.8) is 0 Å². The van der Waals surface area contributed by atoms with Crippen molar-refractivity contribution >= 4 is 0 Å². The van der Waals surface area contributed by atoms with Crippen LogP contribution in [0, 0.1) is 5.41 Å². The lowest BCUT2D eigenvalue weighted by Crippen LogP contribution is -2.51. The maximum absolute atomic E-state index is 10.3. The molecule has 1 heterocycles. The third-order valence-corrected chi connectivity index (χ3v) is 4.66. The lowest BCUT2D eigenvalue weighted by atomic mass is 9.73. The zero-order valence-electron chi connectivity index (χ0n) is 12.2. The quantitative estimate of drug-likeness (QED) is 0.837. The Morgan fingerprint density at radius 3 is 2.72 bits per heavy atom. The first kappa shape index (κ1) is 14.3. The van der Waals surface area contributed by atoms with Crippen LogP contribution in [0.4, 0.5) is 0 Å². The van der Waals surface area contributed by atoms with E-state index in [4.69, 9.17) is 4.74 Å². The Morgan fingerprint density at radius 1 is 1.33 bits per heavy atom. The normalized spacial score (nSPS) is 36.2. The third kappa shape index (κ3) is 3.46. The maximum Gasteiger partial charge on any atom is 0.0702 e. The Bertz CT molecular complexity index is 261. The van der Waals surface area contributed by atoms with E-state index >= 15 is 0 Å². The highest BCUT2D eigenvalue weighted by Crippen LogP contribution is 2.37. The molecule has 2 fully saturated rings. The van der Waals surface area contributed by atoms with Gasteiger partial charge in [0, 0.05) is 19.2 Å². The van der Waals surface area contributed by atoms with Gasteiger partial charge in [0.05, 0.1) is 12.2 Å². The highest BCUT2D eigenvalue weighted by Gasteiger charge is 2.37. The monoisotopic (exact) mass is 255 g/mol. The van der Waals surface area contributed by atoms with Gasteiger partial charge in [0.2, 0.25) is 0 Å². The molecule has 0 amide bonds. The van der Waals surface area contributed by atoms with Gasteiger partial charge in [-0.05, 0) is 44.1 Å². The highest BCUT2D eigenvalue weighted by molar-refractivity contribution is 4.91. The van der Waals surface area contributed by atoms with Gasteiger partial charge >= 0.3 is 0 Å². The minimum absolute atomic E-state index is 0.153. The fraction of sp³-hybridized carbons (Fsp3) is 1.00. The summed E-state index contributed by atoms with van der Waals surface area (Å²) in [5, 5.41) is 10.3. The van der Waals surface area contributed by atoms with E-state index in [2.05, 4.69) is 25.7 Å². The van der Waals surface area contributed by atoms with Crippen LogP contribution in [-0.4, -0.2) is 48.0 Å². The third-order valence-electron chi connectivity index (χ3n) is 4.66. The standard InChI is InChI=1S/C15H29NO2/c1-4-16(11-12-6-5-9-18-12)13-10-15(2,3)8-7-14(13)17/h12-14,17H,4-11H2,1-3H3. The summed E-state index contributed by atoms with van der Waals surface area (Å²) in [6.07, 6.45) is 5.81. The highest BCUT2D eigenvalue weighted by atomic mass is 16.5. The number of aliphatic hydroxyl groups excluding tert-OH is 1. The van der Waals surface area contributed by atoms with E-state index < -0.39 is 0 Å². The first-order valence-electron chi connectivity index (χ1n) is 7.55. The van der Waals surface area contributed by atoms with E-state index in [0.717, 1.165) is 39.0 Å². The smallest absolute Gasteiger partial charge is 0.0702 e. The predicted molar refractivity (Wildman–Crippen MR) is 73.6 cm³/mol. The van der Waals surface area contributed by atoms with Crippen molar-refractivity contribution in [2.24, 2.45) is 5.41 Å². The molecule has 0 aromatic carbocycles. The Balaban J connectivity index is 1.96. The van der Waals surface area contributed by atoms with Gasteiger partial charge in [-0.15, -0.1) is 0 Å². The number of ether oxygens (including phenoxy) is 1. The molecule has 1 aliphatic carbocycles. The molecule has 3 atom stereocenters. The summed E-state index contributed by atoms with van der Waals surface area (Å²) in [5.74, 6) is 0. The van der Waals surface area contributed by atoms with Crippen LogP contribution in [-0.2, 0) is 4.74 Å². The van der Waals surface area contributed by atoms with Crippen LogP contribution in [0.2, 0.25) is 0 Å². The van der Waals surface area contributed by atoms with Crippen LogP contribution in [0.3, 0.4) is 0 Å². The first-order chi connectivity index (χ1) is 8.52. The van der Waals surface area contributed by atoms with Crippen molar-refractivity contribution in [3.8, 4) is 0 Å². The average Bonchev–Trinajstić information content (AvgIpc) is 2.82. The van der Waals surface area contributed by atoms with Crippen molar-refractivity contribution in [2.75, 3.05) is 19.7 Å². The molecule has 0 radical (unpaired) electrons. The number of likely N-dealkylation sites (N-methyl/N-ethyl adjacent to an activating group) is 1. The Hall–Kier alpha value is -0.120. The Kier molecular flexibility index (Phi) is 4.68. The molecule has 1 saturated carbocycles. The second kappa shape index (κ2) is 5.89. The van der Waals surface area contributed by atoms with Gasteiger partial charge < -0.3 is 9.84 Å². The zero-order chi connectivity index (χ0) is 13.2. The van der Waals surface area contributed by atoms with Gasteiger partial charge in [-0.3, -0.25) is 4.90 Å². The van der Waals surface area contributed by atoms with Crippen LogP contribution in [0.15, 0.2) is 0 Å². The summed E-state index contributed by atoms with van der Waals surface area (Å²) in [7, 11) is 0. The van der Waals surface area contributed by atoms with E-state index in [9.17, 15) is 5.11 Å². The second-order valence-electron chi connectivity index (χ2n) is 6.76. The molecule has 2 aliphatic rings. The van der Waals surface area contributed by atoms with Crippen molar-refractivity contribution in [2.45, 2.75) is 71.1 Å². The van der Waals surface area contributed by atoms with Crippen LogP contribution in [0.25, 0.3) is 0 Å². The van der Waals surface area contributed by atoms with E-state index in [0.29, 0.717) is 17.6 Å². The molecule has 1 saturated heterocycles. The second-order valence-corrected chi connectivity index (χ2v) is 6.76. The molecular weight excluding hydrogens is 226 g/mol. The van der Waals surface area contributed by atoms with Crippen LogP contribution >= 0.6 is 0 Å². The Labute approximate surface area is 112 Å². The molecular formula is C15H29NO2. The molecule has 18 heavy (non-hydrogen) atoms. The van der Waals surface area contributed by atoms with E-state index in [1.54, 1.807) is 0 Å². The number of aliphatic hydroxyl groups is 1. The minimum Gasteiger partial charge on any atom is -0.391 e. The summed E-state index contributed by atoms with van der Waals surface area (Å²) in [6.45, 7) is 9.77. The first-order valence-corrected chi connectivity index (χ1v) is 7.55. The SMILES string of the molecule is CCN(CC1CCCO1)C1CC(C)(C)CCC1O. The van der Waals surface area contributed by atoms with Crippen molar-refractivity contribution in [3.05, 3.63) is 0 Å². The fourth-order valence-corrected chi connectivity index (χ4v) is 3.46. The van der Waals surface area contributed by atoms with Crippen LogP contribution in [0.1, 0.15) is 52.9 Å². The number of rotatable bonds is 4. The molecule has 0 bridgehead atoms. The average molecular weight is 255 g/mol. The van der Waals surface area contributed by atoms with Crippen LogP contribution < -0.4 is 0 Å². The van der Waals surface area contributed by atoms with E-state index in [1.165, 1.54) is 12.8 Å². The zero-order valence-corrected chi connectivity index (χ0v) is 12.2. The molecule has 3 heteroatoms. The molecule has 3 nitrogen and oxygen atoms in total. The lowest BCUT2D eigenvalue weighted by Gasteiger charge is -2.44. The summed E-state index contributed by atoms with van der Waals surface area (Å²) >= 11 is 0. The summed E-state index contributed by atoms with van der Waals surface area (Å²) in [5.41, 5.74) is 0.369. The number of hydrogen-bond acceptors (Lipinski definition) is 3. The van der Waals surface area contributed by atoms with Gasteiger partial charge in [-0.1, -0.05) is 20.8 Å². The Morgan fingerprint density at radius 2 is 2.11 bits per heavy atom. The largest absolute Gasteiger partial charge is 0.391 e. The van der Waals surface area contributed by atoms with E-state index in [-0.39, 0.29) is 6.10 Å². The van der Waals surface area contributed by atoms with Crippen molar-refractivity contribution in [1.82, 2.24) is 4.90 Å². The molecule has 2 rings (SSSR count). The number of hydrogen-bond donors (Lipinski definition) is 1. The van der Waals surface area contributed by atoms with Gasteiger partial charge in [0.15, 0.2) is 0 Å². The van der Waals surface area contributed by atoms with Crippen molar-refractivity contribution < 1.29 is 9.84 Å². The summed E-state index contributed by atoms with van der Waals surface area (Å²) in [6, 6.07) is 0.322. The molecule has 0 aromatic heterocycles. The molecule has 1 aliphatic heterocycles. The molecule has 0 spiro atoms. The molecule has 3 unspecified atom stereocenters. The summed E-state index contributed by atoms with van der Waals surface area (Å²) in [4.78, 5) is 2.45. The molecule has 106 valence electrons. The number of nitrogens with zero attached hydrogens (tertiary/aromatic N) is 1. The minimum atomic E-state index is -0.153. The molecule has 0 aromatic rings. The maximum atomic E-state index is 10.3. The summed E-state index contributed by atoms with van der Waals surface area (Å²) < 4.78 is 5.74. The van der Waals surface area contributed by atoms with Gasteiger partial charge in [0.25, 0.3) is 0 Å². The predicted octanol–water partition coefficient (Wildman–Crippen LogP) is 2.43. The van der Waals surface area contributed by atoms with Crippen LogP contribution in [0.5, 0.6) is 0 Å². The van der Waals surface area contributed by atoms with Crippen molar-refractivity contribution in [1.29, 1.82) is 0 Å². The van der Waals surface area contributed by atoms with Gasteiger partial charge in [0.1, 0.15) is 0 Å². The molecule has 1 N–H and O–H groups in total. The van der Waals surface area contributed by atoms with Gasteiger partial charge in [-0.25, -0.2) is 0 Å². The van der Waals surface area contributed by atoms with Gasteiger partial charge in [-0.2, -0.15) is 0 Å². The fourth-order valence-electron chi connectivity index (χ4n) is 3.46. The lowest BCUT2D eigenvalue weighted by molar-refractivity contribution is -0.0333. The van der Waals surface area contributed by atoms with E-state index in [1.807, 2.05) is 0 Å². The topological polar surface area (TPSA) is 32.7 Å².